The third-order valence-electron chi connectivity index (χ3n) is 5.63. The topological polar surface area (TPSA) is 115 Å². The molecule has 2 aromatic rings. The van der Waals surface area contributed by atoms with Crippen molar-refractivity contribution in [3.8, 4) is 0 Å². The van der Waals surface area contributed by atoms with Crippen LogP contribution in [0.3, 0.4) is 0 Å². The zero-order chi connectivity index (χ0) is 23.4. The zero-order valence-electron chi connectivity index (χ0n) is 18.0. The molecule has 2 fully saturated rings. The number of rotatable bonds is 7. The number of nitrogens with zero attached hydrogens (tertiary/aromatic N) is 1. The molecule has 1 amide bonds. The van der Waals surface area contributed by atoms with Gasteiger partial charge in [-0.05, 0) is 18.1 Å². The molecule has 10 heteroatoms. The van der Waals surface area contributed by atoms with E-state index in [0.717, 1.165) is 16.0 Å². The van der Waals surface area contributed by atoms with Crippen molar-refractivity contribution < 1.29 is 38.7 Å². The van der Waals surface area contributed by atoms with E-state index in [2.05, 4.69) is 0 Å². The lowest BCUT2D eigenvalue weighted by atomic mass is 9.57. The summed E-state index contributed by atoms with van der Waals surface area (Å²) in [5.41, 5.74) is 1.73. The summed E-state index contributed by atoms with van der Waals surface area (Å²) in [5.74, 6) is -1.94. The number of ether oxygens (including phenoxy) is 4. The maximum Gasteiger partial charge on any atom is 0.409 e. The molecule has 173 valence electrons. The maximum absolute atomic E-state index is 12.4. The Bertz CT molecular complexity index is 946. The monoisotopic (exact) mass is 454 g/mol. The first-order chi connectivity index (χ1) is 15.9. The molecule has 1 radical (unpaired) electrons. The van der Waals surface area contributed by atoms with Crippen LogP contribution in [0.2, 0.25) is 0 Å². The van der Waals surface area contributed by atoms with Crippen molar-refractivity contribution in [1.29, 1.82) is 0 Å². The molecule has 2 aliphatic heterocycles. The Kier molecular flexibility index (Phi) is 7.29. The van der Waals surface area contributed by atoms with Crippen molar-refractivity contribution in [3.05, 3.63) is 71.8 Å². The van der Waals surface area contributed by atoms with Gasteiger partial charge in [0.15, 0.2) is 19.6 Å². The Hall–Kier alpha value is -2.92. The first kappa shape index (κ1) is 23.3. The Balaban J connectivity index is 1.58. The highest BCUT2D eigenvalue weighted by atomic mass is 16.7. The Morgan fingerprint density at radius 3 is 2.42 bits per heavy atom. The number of carboxylic acids is 1. The number of morpholine rings is 1. The van der Waals surface area contributed by atoms with Gasteiger partial charge in [-0.15, -0.1) is 0 Å². The summed E-state index contributed by atoms with van der Waals surface area (Å²) in [5, 5.41) is 19.4. The highest BCUT2D eigenvalue weighted by molar-refractivity contribution is 6.40. The molecule has 6 atom stereocenters. The predicted molar refractivity (Wildman–Crippen MR) is 116 cm³/mol. The molecule has 2 aromatic carbocycles. The molecule has 5 unspecified atom stereocenters. The number of benzene rings is 2. The van der Waals surface area contributed by atoms with E-state index < -0.39 is 48.7 Å². The van der Waals surface area contributed by atoms with E-state index in [1.807, 2.05) is 60.7 Å². The molecule has 0 spiro atoms. The number of hydrogen-bond acceptors (Lipinski definition) is 6. The van der Waals surface area contributed by atoms with Crippen LogP contribution in [0.1, 0.15) is 24.1 Å². The fraction of sp³-hybridized carbons (Fsp3) is 0.391. The minimum atomic E-state index is -1.29. The van der Waals surface area contributed by atoms with Gasteiger partial charge >= 0.3 is 12.1 Å². The van der Waals surface area contributed by atoms with Crippen LogP contribution in [0.5, 0.6) is 0 Å². The predicted octanol–water partition coefficient (Wildman–Crippen LogP) is 2.48. The average Bonchev–Trinajstić information content (AvgIpc) is 2.83. The third kappa shape index (κ3) is 5.36. The summed E-state index contributed by atoms with van der Waals surface area (Å²) in [7, 11) is 1.74. The van der Waals surface area contributed by atoms with Crippen molar-refractivity contribution >= 4 is 19.3 Å². The van der Waals surface area contributed by atoms with Crippen LogP contribution >= 0.6 is 0 Å². The normalized spacial score (nSPS) is 27.8. The number of amides is 1. The Morgan fingerprint density at radius 2 is 1.79 bits per heavy atom. The van der Waals surface area contributed by atoms with E-state index in [-0.39, 0.29) is 13.2 Å². The number of carboxylic acid groups (broad SMARTS) is 2. The van der Waals surface area contributed by atoms with Crippen LogP contribution in [-0.4, -0.2) is 71.7 Å². The van der Waals surface area contributed by atoms with Crippen LogP contribution in [-0.2, 0) is 30.3 Å². The van der Waals surface area contributed by atoms with Gasteiger partial charge in [0.05, 0.1) is 25.3 Å². The summed E-state index contributed by atoms with van der Waals surface area (Å²) in [6.45, 7) is 1.61. The van der Waals surface area contributed by atoms with Gasteiger partial charge < -0.3 is 29.2 Å². The molecular formula is C23H25BNO8. The lowest BCUT2D eigenvalue weighted by Crippen LogP contribution is -2.69. The highest BCUT2D eigenvalue weighted by Gasteiger charge is 2.51. The van der Waals surface area contributed by atoms with Crippen LogP contribution < -0.4 is 0 Å². The molecular weight excluding hydrogens is 429 g/mol. The van der Waals surface area contributed by atoms with Crippen LogP contribution in [0.15, 0.2) is 60.7 Å². The molecule has 0 saturated carbocycles. The summed E-state index contributed by atoms with van der Waals surface area (Å²) in [6.07, 6.45) is -5.61. The van der Waals surface area contributed by atoms with Gasteiger partial charge in [0.2, 0.25) is 6.29 Å². The first-order valence-electron chi connectivity index (χ1n) is 10.7. The quantitative estimate of drug-likeness (QED) is 0.614. The number of carbonyl (C=O) groups is 2. The zero-order valence-corrected chi connectivity index (χ0v) is 18.0. The van der Waals surface area contributed by atoms with Crippen molar-refractivity contribution in [3.63, 3.8) is 0 Å². The van der Waals surface area contributed by atoms with Gasteiger partial charge in [-0.3, -0.25) is 4.90 Å². The second-order valence-electron chi connectivity index (χ2n) is 7.88. The second kappa shape index (κ2) is 10.3. The summed E-state index contributed by atoms with van der Waals surface area (Å²) in [4.78, 5) is 24.9. The molecule has 0 bridgehead atoms. The van der Waals surface area contributed by atoms with E-state index in [1.165, 1.54) is 6.92 Å². The minimum absolute atomic E-state index is 0.134. The van der Waals surface area contributed by atoms with Gasteiger partial charge in [0.25, 0.3) is 0 Å². The molecule has 2 aliphatic rings. The molecule has 2 N–H and O–H groups in total. The second-order valence-corrected chi connectivity index (χ2v) is 7.88. The molecule has 33 heavy (non-hydrogen) atoms. The molecule has 2 heterocycles. The standard InChI is InChI=1S/C23H25BNO8/c1-14(21(26)27)32-20-22(31-12-15-8-4-2-5-9-15)33-17-13-30-19(16-10-6-3-7-11-16)24-18(17)25(20)23(28)29/h2-11,14,17-20,22H,12-13H2,1H3,(H,26,27)(H,28,29)/t14-,17?,18?,19?,20?,22?/m1/s1. The van der Waals surface area contributed by atoms with Gasteiger partial charge in [-0.1, -0.05) is 60.7 Å². The van der Waals surface area contributed by atoms with Gasteiger partial charge in [-0.2, -0.15) is 0 Å². The molecule has 9 nitrogen and oxygen atoms in total. The third-order valence-corrected chi connectivity index (χ3v) is 5.63. The van der Waals surface area contributed by atoms with Crippen molar-refractivity contribution in [2.24, 2.45) is 0 Å². The molecule has 4 rings (SSSR count). The van der Waals surface area contributed by atoms with Crippen LogP contribution in [0.25, 0.3) is 0 Å². The number of fused-ring (bicyclic) bond motifs is 1. The number of aliphatic carboxylic acids is 1. The fourth-order valence-corrected chi connectivity index (χ4v) is 3.95. The van der Waals surface area contributed by atoms with E-state index in [1.54, 1.807) is 7.28 Å². The lowest BCUT2D eigenvalue weighted by Gasteiger charge is -2.50. The van der Waals surface area contributed by atoms with Crippen molar-refractivity contribution in [1.82, 2.24) is 4.90 Å². The number of hydrogen-bond donors (Lipinski definition) is 2. The Morgan fingerprint density at radius 1 is 1.12 bits per heavy atom. The smallest absolute Gasteiger partial charge is 0.409 e. The van der Waals surface area contributed by atoms with Gasteiger partial charge in [0, 0.05) is 5.94 Å². The van der Waals surface area contributed by atoms with Gasteiger partial charge in [-0.25, -0.2) is 9.59 Å². The average molecular weight is 454 g/mol. The van der Waals surface area contributed by atoms with E-state index in [9.17, 15) is 19.8 Å². The largest absolute Gasteiger partial charge is 0.479 e. The molecule has 2 saturated heterocycles. The minimum Gasteiger partial charge on any atom is -0.479 e. The summed E-state index contributed by atoms with van der Waals surface area (Å²) in [6, 6.07) is 18.3. The Labute approximate surface area is 192 Å². The first-order valence-corrected chi connectivity index (χ1v) is 10.7. The lowest BCUT2D eigenvalue weighted by molar-refractivity contribution is -0.311. The summed E-state index contributed by atoms with van der Waals surface area (Å²) < 4.78 is 23.5. The van der Waals surface area contributed by atoms with Crippen LogP contribution in [0, 0.1) is 0 Å². The fourth-order valence-electron chi connectivity index (χ4n) is 3.95. The highest BCUT2D eigenvalue weighted by Crippen LogP contribution is 2.34. The van der Waals surface area contributed by atoms with Crippen molar-refractivity contribution in [2.45, 2.75) is 50.2 Å². The van der Waals surface area contributed by atoms with E-state index >= 15 is 0 Å². The molecule has 0 aliphatic carbocycles. The van der Waals surface area contributed by atoms with E-state index in [0.29, 0.717) is 0 Å². The summed E-state index contributed by atoms with van der Waals surface area (Å²) >= 11 is 0. The van der Waals surface area contributed by atoms with Gasteiger partial charge in [0.1, 0.15) is 0 Å². The van der Waals surface area contributed by atoms with Crippen LogP contribution in [0.4, 0.5) is 4.79 Å². The SMILES string of the molecule is C[C@@H](OC1C(OCc2ccccc2)OC2COC(c3ccccc3)[B]C2N1C(=O)O)C(=O)O. The molecule has 0 aromatic heterocycles. The van der Waals surface area contributed by atoms with E-state index in [4.69, 9.17) is 18.9 Å². The van der Waals surface area contributed by atoms with Crippen molar-refractivity contribution in [2.75, 3.05) is 6.61 Å². The maximum atomic E-state index is 12.4.